The SMILES string of the molecule is CCCC(OC(=O)CC(C)S)C(CCC)OC(=O)CC(C)S. The van der Waals surface area contributed by atoms with Crippen LogP contribution in [0.2, 0.25) is 0 Å². The first-order chi connectivity index (χ1) is 10.3. The van der Waals surface area contributed by atoms with Gasteiger partial charge in [-0.05, 0) is 12.8 Å². The predicted octanol–water partition coefficient (Wildman–Crippen LogP) is 3.83. The molecule has 0 radical (unpaired) electrons. The Morgan fingerprint density at radius 1 is 0.818 bits per heavy atom. The molecule has 0 spiro atoms. The lowest BCUT2D eigenvalue weighted by molar-refractivity contribution is -0.169. The van der Waals surface area contributed by atoms with Gasteiger partial charge in [-0.25, -0.2) is 0 Å². The molecule has 0 aliphatic heterocycles. The summed E-state index contributed by atoms with van der Waals surface area (Å²) in [6.45, 7) is 7.72. The molecule has 6 heteroatoms. The second kappa shape index (κ2) is 12.1. The molecular weight excluding hydrogens is 320 g/mol. The summed E-state index contributed by atoms with van der Waals surface area (Å²) in [5.41, 5.74) is 0. The van der Waals surface area contributed by atoms with Crippen LogP contribution in [0.1, 0.15) is 66.2 Å². The van der Waals surface area contributed by atoms with E-state index in [0.29, 0.717) is 12.8 Å². The van der Waals surface area contributed by atoms with E-state index in [1.54, 1.807) is 0 Å². The van der Waals surface area contributed by atoms with Gasteiger partial charge in [-0.3, -0.25) is 9.59 Å². The minimum atomic E-state index is -0.385. The summed E-state index contributed by atoms with van der Waals surface area (Å²) >= 11 is 8.41. The quantitative estimate of drug-likeness (QED) is 0.439. The maximum absolute atomic E-state index is 11.9. The summed E-state index contributed by atoms with van der Waals surface area (Å²) < 4.78 is 11.1. The number of carbonyl (C=O) groups is 2. The van der Waals surface area contributed by atoms with Crippen molar-refractivity contribution in [1.82, 2.24) is 0 Å². The summed E-state index contributed by atoms with van der Waals surface area (Å²) in [5, 5.41) is -0.0982. The highest BCUT2D eigenvalue weighted by atomic mass is 32.1. The molecule has 0 saturated carbocycles. The van der Waals surface area contributed by atoms with Crippen molar-refractivity contribution in [3.05, 3.63) is 0 Å². The molecule has 0 aromatic carbocycles. The molecule has 4 unspecified atom stereocenters. The van der Waals surface area contributed by atoms with E-state index in [1.807, 2.05) is 27.7 Å². The fourth-order valence-corrected chi connectivity index (χ4v) is 2.42. The van der Waals surface area contributed by atoms with Gasteiger partial charge in [0.15, 0.2) is 0 Å². The Bertz CT molecular complexity index is 300. The Balaban J connectivity index is 4.77. The second-order valence-corrected chi connectivity index (χ2v) is 7.50. The average molecular weight is 351 g/mol. The maximum atomic E-state index is 11.9. The number of rotatable bonds is 11. The number of hydrogen-bond donors (Lipinski definition) is 2. The Morgan fingerprint density at radius 2 is 1.14 bits per heavy atom. The summed E-state index contributed by atoms with van der Waals surface area (Å²) in [6.07, 6.45) is 2.81. The fourth-order valence-electron chi connectivity index (χ4n) is 2.13. The number of esters is 2. The van der Waals surface area contributed by atoms with Gasteiger partial charge in [0, 0.05) is 10.5 Å². The van der Waals surface area contributed by atoms with Gasteiger partial charge >= 0.3 is 11.9 Å². The molecule has 4 nitrogen and oxygen atoms in total. The summed E-state index contributed by atoms with van der Waals surface area (Å²) in [7, 11) is 0. The molecule has 0 aromatic heterocycles. The Hall–Kier alpha value is -0.360. The van der Waals surface area contributed by atoms with E-state index in [1.165, 1.54) is 0 Å². The third-order valence-corrected chi connectivity index (χ3v) is 3.42. The number of hydrogen-bond acceptors (Lipinski definition) is 6. The first-order valence-corrected chi connectivity index (χ1v) is 9.08. The van der Waals surface area contributed by atoms with Gasteiger partial charge in [0.2, 0.25) is 0 Å². The average Bonchev–Trinajstić information content (AvgIpc) is 2.35. The van der Waals surface area contributed by atoms with Crippen molar-refractivity contribution >= 4 is 37.2 Å². The van der Waals surface area contributed by atoms with Gasteiger partial charge in [0.1, 0.15) is 12.2 Å². The summed E-state index contributed by atoms with van der Waals surface area (Å²) in [5.74, 6) is -0.582. The van der Waals surface area contributed by atoms with Crippen LogP contribution in [0.5, 0.6) is 0 Å². The molecule has 0 aliphatic carbocycles. The Kier molecular flexibility index (Phi) is 11.9. The smallest absolute Gasteiger partial charge is 0.307 e. The zero-order chi connectivity index (χ0) is 17.1. The molecule has 0 aromatic rings. The summed E-state index contributed by atoms with van der Waals surface area (Å²) in [6, 6.07) is 0. The van der Waals surface area contributed by atoms with Crippen molar-refractivity contribution in [2.75, 3.05) is 0 Å². The van der Waals surface area contributed by atoms with E-state index in [-0.39, 0.29) is 47.5 Å². The van der Waals surface area contributed by atoms with Gasteiger partial charge in [0.05, 0.1) is 12.8 Å². The fraction of sp³-hybridized carbons (Fsp3) is 0.875. The predicted molar refractivity (Wildman–Crippen MR) is 95.7 cm³/mol. The lowest BCUT2D eigenvalue weighted by Crippen LogP contribution is -2.36. The second-order valence-electron chi connectivity index (χ2n) is 5.74. The van der Waals surface area contributed by atoms with Crippen molar-refractivity contribution in [1.29, 1.82) is 0 Å². The van der Waals surface area contributed by atoms with Crippen LogP contribution in [0.25, 0.3) is 0 Å². The van der Waals surface area contributed by atoms with Gasteiger partial charge in [-0.2, -0.15) is 25.3 Å². The molecule has 130 valence electrons. The molecule has 0 aliphatic rings. The van der Waals surface area contributed by atoms with Crippen LogP contribution in [-0.4, -0.2) is 34.6 Å². The van der Waals surface area contributed by atoms with E-state index in [2.05, 4.69) is 25.3 Å². The van der Waals surface area contributed by atoms with Crippen LogP contribution < -0.4 is 0 Å². The largest absolute Gasteiger partial charge is 0.458 e. The van der Waals surface area contributed by atoms with Crippen LogP contribution in [0, 0.1) is 0 Å². The van der Waals surface area contributed by atoms with Gasteiger partial charge in [0.25, 0.3) is 0 Å². The van der Waals surface area contributed by atoms with Gasteiger partial charge in [-0.15, -0.1) is 0 Å². The number of thiol groups is 2. The molecule has 0 amide bonds. The van der Waals surface area contributed by atoms with E-state index in [0.717, 1.165) is 12.8 Å². The number of ether oxygens (including phenoxy) is 2. The van der Waals surface area contributed by atoms with Crippen molar-refractivity contribution in [2.24, 2.45) is 0 Å². The Labute approximate surface area is 145 Å². The van der Waals surface area contributed by atoms with Crippen molar-refractivity contribution in [2.45, 2.75) is 88.9 Å². The molecule has 0 heterocycles. The minimum Gasteiger partial charge on any atom is -0.458 e. The molecule has 0 rings (SSSR count). The zero-order valence-electron chi connectivity index (χ0n) is 14.1. The Morgan fingerprint density at radius 3 is 1.36 bits per heavy atom. The van der Waals surface area contributed by atoms with Crippen molar-refractivity contribution < 1.29 is 19.1 Å². The lowest BCUT2D eigenvalue weighted by atomic mass is 10.0. The molecule has 22 heavy (non-hydrogen) atoms. The monoisotopic (exact) mass is 350 g/mol. The third kappa shape index (κ3) is 10.4. The molecule has 0 bridgehead atoms. The minimum absolute atomic E-state index is 0.0491. The zero-order valence-corrected chi connectivity index (χ0v) is 15.9. The standard InChI is InChI=1S/C16H30O4S2/c1-5-7-13(19-15(17)9-11(3)21)14(8-6-2)20-16(18)10-12(4)22/h11-14,21-22H,5-10H2,1-4H3. The van der Waals surface area contributed by atoms with E-state index >= 15 is 0 Å². The van der Waals surface area contributed by atoms with Crippen molar-refractivity contribution in [3.63, 3.8) is 0 Å². The lowest BCUT2D eigenvalue weighted by Gasteiger charge is -2.27. The summed E-state index contributed by atoms with van der Waals surface area (Å²) in [4.78, 5) is 23.8. The highest BCUT2D eigenvalue weighted by Crippen LogP contribution is 2.19. The molecule has 4 atom stereocenters. The van der Waals surface area contributed by atoms with Crippen LogP contribution in [-0.2, 0) is 19.1 Å². The molecule has 0 fully saturated rings. The molecule has 0 saturated heterocycles. The van der Waals surface area contributed by atoms with Gasteiger partial charge < -0.3 is 9.47 Å². The topological polar surface area (TPSA) is 52.6 Å². The van der Waals surface area contributed by atoms with E-state index in [9.17, 15) is 9.59 Å². The van der Waals surface area contributed by atoms with E-state index in [4.69, 9.17) is 9.47 Å². The molecular formula is C16H30O4S2. The van der Waals surface area contributed by atoms with Crippen LogP contribution in [0.4, 0.5) is 0 Å². The van der Waals surface area contributed by atoms with Crippen LogP contribution in [0.15, 0.2) is 0 Å². The van der Waals surface area contributed by atoms with Gasteiger partial charge in [-0.1, -0.05) is 40.5 Å². The first kappa shape index (κ1) is 21.6. The highest BCUT2D eigenvalue weighted by molar-refractivity contribution is 7.81. The van der Waals surface area contributed by atoms with Crippen LogP contribution in [0.3, 0.4) is 0 Å². The van der Waals surface area contributed by atoms with Crippen molar-refractivity contribution in [3.8, 4) is 0 Å². The van der Waals surface area contributed by atoms with E-state index < -0.39 is 0 Å². The number of carbonyl (C=O) groups excluding carboxylic acids is 2. The first-order valence-electron chi connectivity index (χ1n) is 8.05. The highest BCUT2D eigenvalue weighted by Gasteiger charge is 2.28. The molecule has 0 N–H and O–H groups in total. The third-order valence-electron chi connectivity index (χ3n) is 3.05. The maximum Gasteiger partial charge on any atom is 0.307 e. The van der Waals surface area contributed by atoms with Crippen LogP contribution >= 0.6 is 25.3 Å². The normalized spacial score (nSPS) is 16.5.